The second-order valence-corrected chi connectivity index (χ2v) is 9.74. The molecule has 4 aromatic rings. The predicted octanol–water partition coefficient (Wildman–Crippen LogP) is 3.91. The van der Waals surface area contributed by atoms with Crippen LogP contribution in [0.25, 0.3) is 20.5 Å². The Morgan fingerprint density at radius 2 is 1.93 bits per heavy atom. The van der Waals surface area contributed by atoms with Gasteiger partial charge in [-0.15, -0.1) is 34.0 Å². The molecule has 4 rings (SSSR count). The highest BCUT2D eigenvalue weighted by Gasteiger charge is 2.17. The lowest BCUT2D eigenvalue weighted by Gasteiger charge is -2.08. The molecule has 0 bridgehead atoms. The van der Waals surface area contributed by atoms with E-state index in [1.54, 1.807) is 28.7 Å². The van der Waals surface area contributed by atoms with Crippen LogP contribution in [0.1, 0.15) is 26.1 Å². The van der Waals surface area contributed by atoms with Crippen LogP contribution in [-0.2, 0) is 6.54 Å². The fourth-order valence-corrected chi connectivity index (χ4v) is 5.63. The molecular weight excluding hydrogens is 438 g/mol. The molecule has 30 heavy (non-hydrogen) atoms. The lowest BCUT2D eigenvalue weighted by Crippen LogP contribution is -2.31. The van der Waals surface area contributed by atoms with Gasteiger partial charge in [0.15, 0.2) is 0 Å². The lowest BCUT2D eigenvalue weighted by molar-refractivity contribution is 0.0955. The molecule has 0 aliphatic rings. The van der Waals surface area contributed by atoms with Gasteiger partial charge in [0.2, 0.25) is 0 Å². The Bertz CT molecular complexity index is 1250. The summed E-state index contributed by atoms with van der Waals surface area (Å²) in [4.78, 5) is 36.3. The van der Waals surface area contributed by atoms with Gasteiger partial charge in [-0.2, -0.15) is 5.10 Å². The maximum absolute atomic E-state index is 12.6. The second-order valence-electron chi connectivity index (χ2n) is 6.59. The average molecular weight is 458 g/mol. The fourth-order valence-electron chi connectivity index (χ4n) is 2.97. The Labute approximate surface area is 185 Å². The van der Waals surface area contributed by atoms with Crippen LogP contribution in [0.2, 0.25) is 0 Å². The van der Waals surface area contributed by atoms with Crippen molar-refractivity contribution in [3.05, 3.63) is 61.3 Å². The number of thiazole rings is 2. The Balaban J connectivity index is 1.44. The van der Waals surface area contributed by atoms with Crippen LogP contribution < -0.4 is 10.9 Å². The van der Waals surface area contributed by atoms with Gasteiger partial charge in [0.1, 0.15) is 15.6 Å². The van der Waals surface area contributed by atoms with Crippen LogP contribution in [0.4, 0.5) is 0 Å². The minimum absolute atomic E-state index is 0.189. The van der Waals surface area contributed by atoms with Gasteiger partial charge < -0.3 is 5.32 Å². The summed E-state index contributed by atoms with van der Waals surface area (Å²) in [5.41, 5.74) is 2.10. The number of hydrogen-bond acceptors (Lipinski definition) is 8. The third kappa shape index (κ3) is 4.25. The molecule has 0 unspecified atom stereocenters. The molecule has 0 radical (unpaired) electrons. The Hall–Kier alpha value is -2.69. The molecule has 7 nitrogen and oxygen atoms in total. The van der Waals surface area contributed by atoms with E-state index in [0.717, 1.165) is 25.5 Å². The zero-order valence-electron chi connectivity index (χ0n) is 16.6. The van der Waals surface area contributed by atoms with Gasteiger partial charge in [-0.05, 0) is 38.3 Å². The molecule has 1 N–H and O–H groups in total. The number of thiophene rings is 1. The van der Waals surface area contributed by atoms with Crippen LogP contribution in [-0.4, -0.2) is 32.2 Å². The first-order valence-corrected chi connectivity index (χ1v) is 11.8. The number of amides is 1. The van der Waals surface area contributed by atoms with Gasteiger partial charge in [0.25, 0.3) is 11.5 Å². The van der Waals surface area contributed by atoms with Gasteiger partial charge in [0.05, 0.1) is 32.7 Å². The quantitative estimate of drug-likeness (QED) is 0.474. The van der Waals surface area contributed by atoms with Crippen LogP contribution in [0.5, 0.6) is 0 Å². The first kappa shape index (κ1) is 20.6. The summed E-state index contributed by atoms with van der Waals surface area (Å²) in [6, 6.07) is 7.16. The Kier molecular flexibility index (Phi) is 5.89. The van der Waals surface area contributed by atoms with Crippen molar-refractivity contribution in [3.8, 4) is 20.5 Å². The summed E-state index contributed by atoms with van der Waals surface area (Å²) < 4.78 is 1.38. The normalized spacial score (nSPS) is 11.0. The van der Waals surface area contributed by atoms with E-state index in [-0.39, 0.29) is 18.0 Å². The van der Waals surface area contributed by atoms with E-state index in [2.05, 4.69) is 20.4 Å². The molecule has 0 saturated carbocycles. The number of aryl methyl sites for hydroxylation is 3. The molecule has 4 heterocycles. The highest BCUT2D eigenvalue weighted by molar-refractivity contribution is 7.22. The smallest absolute Gasteiger partial charge is 0.266 e. The van der Waals surface area contributed by atoms with E-state index in [1.807, 2.05) is 38.3 Å². The van der Waals surface area contributed by atoms with E-state index >= 15 is 0 Å². The summed E-state index contributed by atoms with van der Waals surface area (Å²) in [5.74, 6) is -0.189. The highest BCUT2D eigenvalue weighted by atomic mass is 32.1. The van der Waals surface area contributed by atoms with Crippen molar-refractivity contribution in [2.24, 2.45) is 0 Å². The Morgan fingerprint density at radius 1 is 1.10 bits per heavy atom. The van der Waals surface area contributed by atoms with Crippen molar-refractivity contribution < 1.29 is 4.79 Å². The van der Waals surface area contributed by atoms with Gasteiger partial charge >= 0.3 is 0 Å². The third-order valence-electron chi connectivity index (χ3n) is 4.35. The number of hydrogen-bond donors (Lipinski definition) is 1. The standard InChI is InChI=1S/C20H19N5O2S3/c1-11-17(29-13(3)22-11)14-6-7-16(26)25(24-14)9-8-21-19(27)18-12(2)23-20(30-18)15-5-4-10-28-15/h4-7,10H,8-9H2,1-3H3,(H,21,27). The average Bonchev–Trinajstić information content (AvgIpc) is 3.43. The van der Waals surface area contributed by atoms with Gasteiger partial charge in [-0.3, -0.25) is 9.59 Å². The van der Waals surface area contributed by atoms with Gasteiger partial charge in [-0.1, -0.05) is 6.07 Å². The second kappa shape index (κ2) is 8.58. The number of rotatable bonds is 6. The number of carbonyl (C=O) groups is 1. The molecule has 0 saturated heterocycles. The number of aromatic nitrogens is 4. The highest BCUT2D eigenvalue weighted by Crippen LogP contribution is 2.31. The van der Waals surface area contributed by atoms with E-state index in [1.165, 1.54) is 22.1 Å². The zero-order valence-corrected chi connectivity index (χ0v) is 19.1. The van der Waals surface area contributed by atoms with E-state index in [0.29, 0.717) is 22.8 Å². The largest absolute Gasteiger partial charge is 0.349 e. The fraction of sp³-hybridized carbons (Fsp3) is 0.250. The summed E-state index contributed by atoms with van der Waals surface area (Å²) in [6.07, 6.45) is 0. The minimum Gasteiger partial charge on any atom is -0.349 e. The first-order valence-electron chi connectivity index (χ1n) is 9.24. The summed E-state index contributed by atoms with van der Waals surface area (Å²) in [7, 11) is 0. The van der Waals surface area contributed by atoms with E-state index in [4.69, 9.17) is 0 Å². The van der Waals surface area contributed by atoms with Crippen molar-refractivity contribution in [2.45, 2.75) is 27.3 Å². The number of nitrogens with one attached hydrogen (secondary N) is 1. The maximum Gasteiger partial charge on any atom is 0.266 e. The molecule has 0 aliphatic carbocycles. The molecule has 4 aromatic heterocycles. The molecule has 10 heteroatoms. The van der Waals surface area contributed by atoms with Crippen LogP contribution >= 0.6 is 34.0 Å². The topological polar surface area (TPSA) is 89.8 Å². The molecule has 154 valence electrons. The van der Waals surface area contributed by atoms with Crippen molar-refractivity contribution >= 4 is 39.9 Å². The van der Waals surface area contributed by atoms with Gasteiger partial charge in [-0.25, -0.2) is 14.6 Å². The van der Waals surface area contributed by atoms with Crippen molar-refractivity contribution in [3.63, 3.8) is 0 Å². The van der Waals surface area contributed by atoms with E-state index < -0.39 is 0 Å². The zero-order chi connectivity index (χ0) is 21.3. The lowest BCUT2D eigenvalue weighted by atomic mass is 10.3. The monoisotopic (exact) mass is 457 g/mol. The SMILES string of the molecule is Cc1nc(C)c(-c2ccc(=O)n(CCNC(=O)c3sc(-c4cccs4)nc3C)n2)s1. The number of carbonyl (C=O) groups excluding carboxylic acids is 1. The maximum atomic E-state index is 12.6. The van der Waals surface area contributed by atoms with E-state index in [9.17, 15) is 9.59 Å². The Morgan fingerprint density at radius 3 is 2.63 bits per heavy atom. The third-order valence-corrected chi connectivity index (χ3v) is 7.64. The molecule has 0 fully saturated rings. The summed E-state index contributed by atoms with van der Waals surface area (Å²) >= 11 is 4.52. The minimum atomic E-state index is -0.208. The van der Waals surface area contributed by atoms with Crippen molar-refractivity contribution in [1.82, 2.24) is 25.1 Å². The molecular formula is C20H19N5O2S3. The molecule has 0 atom stereocenters. The molecule has 0 aromatic carbocycles. The summed E-state index contributed by atoms with van der Waals surface area (Å²) in [6.45, 7) is 6.28. The molecule has 0 aliphatic heterocycles. The number of nitrogens with zero attached hydrogens (tertiary/aromatic N) is 4. The van der Waals surface area contributed by atoms with Crippen molar-refractivity contribution in [2.75, 3.05) is 6.54 Å². The first-order chi connectivity index (χ1) is 14.4. The van der Waals surface area contributed by atoms with Gasteiger partial charge in [0, 0.05) is 12.6 Å². The van der Waals surface area contributed by atoms with Crippen LogP contribution in [0, 0.1) is 20.8 Å². The molecule has 0 spiro atoms. The van der Waals surface area contributed by atoms with Crippen LogP contribution in [0.3, 0.4) is 0 Å². The predicted molar refractivity (Wildman–Crippen MR) is 122 cm³/mol. The van der Waals surface area contributed by atoms with Crippen LogP contribution in [0.15, 0.2) is 34.4 Å². The molecule has 1 amide bonds. The summed E-state index contributed by atoms with van der Waals surface area (Å²) in [5, 5.41) is 11.1. The van der Waals surface area contributed by atoms with Crippen molar-refractivity contribution in [1.29, 1.82) is 0 Å².